The van der Waals surface area contributed by atoms with E-state index >= 15 is 0 Å². The van der Waals surface area contributed by atoms with E-state index in [0.717, 1.165) is 59.8 Å². The van der Waals surface area contributed by atoms with Crippen LogP contribution in [0.4, 0.5) is 0 Å². The van der Waals surface area contributed by atoms with Gasteiger partial charge in [0.15, 0.2) is 11.5 Å². The average molecular weight is 341 g/mol. The lowest BCUT2D eigenvalue weighted by molar-refractivity contribution is 0.407. The van der Waals surface area contributed by atoms with Gasteiger partial charge in [0.1, 0.15) is 11.3 Å². The Morgan fingerprint density at radius 2 is 1.83 bits per heavy atom. The molecule has 0 saturated heterocycles. The lowest BCUT2D eigenvalue weighted by Crippen LogP contribution is -2.05. The van der Waals surface area contributed by atoms with Crippen LogP contribution in [0.5, 0.6) is 0 Å². The Balaban J connectivity index is 1.52. The second kappa shape index (κ2) is 8.29. The molecule has 0 bridgehead atoms. The molecule has 3 aromatic rings. The quantitative estimate of drug-likeness (QED) is 0.544. The van der Waals surface area contributed by atoms with E-state index in [1.54, 1.807) is 11.8 Å². The number of thioether (sulfide) groups is 1. The molecular weight excluding hydrogens is 318 g/mol. The Morgan fingerprint density at radius 1 is 1.08 bits per heavy atom. The molecule has 3 rings (SSSR count). The zero-order valence-electron chi connectivity index (χ0n) is 14.2. The highest BCUT2D eigenvalue weighted by molar-refractivity contribution is 7.98. The third-order valence-electron chi connectivity index (χ3n) is 4.38. The van der Waals surface area contributed by atoms with Crippen LogP contribution in [0.2, 0.25) is 0 Å². The highest BCUT2D eigenvalue weighted by Gasteiger charge is 2.11. The van der Waals surface area contributed by atoms with E-state index in [2.05, 4.69) is 21.9 Å². The van der Waals surface area contributed by atoms with Gasteiger partial charge in [0.2, 0.25) is 0 Å². The maximum atomic E-state index is 5.81. The van der Waals surface area contributed by atoms with Crippen LogP contribution in [-0.4, -0.2) is 21.2 Å². The fourth-order valence-electron chi connectivity index (χ4n) is 2.82. The smallest absolute Gasteiger partial charge is 0.195 e. The van der Waals surface area contributed by atoms with Crippen molar-refractivity contribution in [2.45, 2.75) is 43.9 Å². The molecule has 5 heteroatoms. The summed E-state index contributed by atoms with van der Waals surface area (Å²) in [4.78, 5) is 14.6. The molecule has 2 aromatic heterocycles. The van der Waals surface area contributed by atoms with Crippen molar-refractivity contribution in [2.75, 3.05) is 6.26 Å². The van der Waals surface area contributed by atoms with E-state index in [1.165, 1.54) is 0 Å². The molecule has 0 amide bonds. The summed E-state index contributed by atoms with van der Waals surface area (Å²) >= 11 is 1.67. The van der Waals surface area contributed by atoms with Crippen LogP contribution in [0.15, 0.2) is 46.0 Å². The van der Waals surface area contributed by atoms with E-state index in [0.29, 0.717) is 5.92 Å². The molecule has 0 aliphatic carbocycles. The Morgan fingerprint density at radius 3 is 2.54 bits per heavy atom. The van der Waals surface area contributed by atoms with Gasteiger partial charge in [0, 0.05) is 30.1 Å². The number of benzene rings is 1. The van der Waals surface area contributed by atoms with Crippen molar-refractivity contribution in [1.29, 1.82) is 0 Å². The van der Waals surface area contributed by atoms with Crippen molar-refractivity contribution in [3.63, 3.8) is 0 Å². The zero-order chi connectivity index (χ0) is 16.8. The lowest BCUT2D eigenvalue weighted by atomic mass is 9.95. The summed E-state index contributed by atoms with van der Waals surface area (Å²) in [5.41, 5.74) is 1.82. The Bertz CT molecular complexity index is 737. The van der Waals surface area contributed by atoms with E-state index in [4.69, 9.17) is 4.42 Å². The van der Waals surface area contributed by atoms with Gasteiger partial charge >= 0.3 is 0 Å². The predicted molar refractivity (Wildman–Crippen MR) is 98.2 cm³/mol. The van der Waals surface area contributed by atoms with E-state index in [1.807, 2.05) is 42.9 Å². The van der Waals surface area contributed by atoms with E-state index in [9.17, 15) is 0 Å². The molecule has 1 unspecified atom stereocenters. The van der Waals surface area contributed by atoms with Crippen molar-refractivity contribution < 1.29 is 4.42 Å². The number of para-hydroxylation sites is 2. The minimum atomic E-state index is 0.642. The normalized spacial score (nSPS) is 12.6. The highest BCUT2D eigenvalue weighted by Crippen LogP contribution is 2.21. The Hall–Kier alpha value is -1.88. The Labute approximate surface area is 147 Å². The fraction of sp³-hybridized carbons (Fsp3) is 0.421. The molecule has 126 valence electrons. The highest BCUT2D eigenvalue weighted by atomic mass is 32.2. The summed E-state index contributed by atoms with van der Waals surface area (Å²) < 4.78 is 5.81. The standard InChI is InChI=1S/C19H23N3OS/c1-3-14(8-10-18-20-12-15(24-2)13-21-18)9-11-19-22-16-6-4-5-7-17(16)23-19/h4-7,12-14H,3,8-11H2,1-2H3. The Kier molecular flexibility index (Phi) is 5.86. The van der Waals surface area contributed by atoms with Crippen molar-refractivity contribution in [3.8, 4) is 0 Å². The number of aromatic nitrogens is 3. The first-order valence-corrected chi connectivity index (χ1v) is 9.70. The molecule has 0 saturated carbocycles. The van der Waals surface area contributed by atoms with Crippen LogP contribution in [-0.2, 0) is 12.8 Å². The van der Waals surface area contributed by atoms with Crippen LogP contribution < -0.4 is 0 Å². The van der Waals surface area contributed by atoms with Gasteiger partial charge in [-0.05, 0) is 37.1 Å². The van der Waals surface area contributed by atoms with Crippen LogP contribution >= 0.6 is 11.8 Å². The number of aryl methyl sites for hydroxylation is 2. The first-order chi connectivity index (χ1) is 11.8. The van der Waals surface area contributed by atoms with Gasteiger partial charge in [-0.1, -0.05) is 25.5 Å². The fourth-order valence-corrected chi connectivity index (χ4v) is 3.13. The molecule has 0 radical (unpaired) electrons. The molecule has 2 heterocycles. The van der Waals surface area contributed by atoms with Crippen molar-refractivity contribution in [2.24, 2.45) is 5.92 Å². The van der Waals surface area contributed by atoms with Gasteiger partial charge in [-0.3, -0.25) is 0 Å². The topological polar surface area (TPSA) is 51.8 Å². The first kappa shape index (κ1) is 17.0. The first-order valence-electron chi connectivity index (χ1n) is 8.48. The van der Waals surface area contributed by atoms with Crippen molar-refractivity contribution in [3.05, 3.63) is 48.4 Å². The minimum absolute atomic E-state index is 0.642. The number of fused-ring (bicyclic) bond motifs is 1. The van der Waals surface area contributed by atoms with Crippen LogP contribution in [0.3, 0.4) is 0 Å². The third kappa shape index (κ3) is 4.35. The van der Waals surface area contributed by atoms with Gasteiger partial charge in [0.05, 0.1) is 0 Å². The van der Waals surface area contributed by atoms with Gasteiger partial charge in [-0.25, -0.2) is 15.0 Å². The number of hydrogen-bond acceptors (Lipinski definition) is 5. The summed E-state index contributed by atoms with van der Waals surface area (Å²) in [6, 6.07) is 7.94. The third-order valence-corrected chi connectivity index (χ3v) is 5.06. The predicted octanol–water partition coefficient (Wildman–Crippen LogP) is 4.93. The minimum Gasteiger partial charge on any atom is -0.441 e. The number of nitrogens with zero attached hydrogens (tertiary/aromatic N) is 3. The monoisotopic (exact) mass is 341 g/mol. The van der Waals surface area contributed by atoms with Gasteiger partial charge in [-0.2, -0.15) is 0 Å². The maximum Gasteiger partial charge on any atom is 0.195 e. The molecule has 0 aliphatic heterocycles. The molecule has 4 nitrogen and oxygen atoms in total. The summed E-state index contributed by atoms with van der Waals surface area (Å²) in [6.45, 7) is 2.24. The maximum absolute atomic E-state index is 5.81. The molecule has 24 heavy (non-hydrogen) atoms. The molecule has 0 fully saturated rings. The second-order valence-electron chi connectivity index (χ2n) is 5.97. The molecule has 1 aromatic carbocycles. The average Bonchev–Trinajstić information content (AvgIpc) is 3.05. The number of oxazole rings is 1. The van der Waals surface area contributed by atoms with Crippen molar-refractivity contribution in [1.82, 2.24) is 15.0 Å². The van der Waals surface area contributed by atoms with Gasteiger partial charge in [0.25, 0.3) is 0 Å². The summed E-state index contributed by atoms with van der Waals surface area (Å²) in [5, 5.41) is 0. The molecule has 0 aliphatic rings. The SMILES string of the molecule is CCC(CCc1ncc(SC)cn1)CCc1nc2ccccc2o1. The van der Waals surface area contributed by atoms with Crippen LogP contribution in [0.25, 0.3) is 11.1 Å². The van der Waals surface area contributed by atoms with Crippen molar-refractivity contribution >= 4 is 22.9 Å². The summed E-state index contributed by atoms with van der Waals surface area (Å²) in [7, 11) is 0. The van der Waals surface area contributed by atoms with Crippen LogP contribution in [0.1, 0.15) is 37.9 Å². The second-order valence-corrected chi connectivity index (χ2v) is 6.85. The molecule has 1 atom stereocenters. The van der Waals surface area contributed by atoms with Gasteiger partial charge < -0.3 is 4.42 Å². The molecule has 0 N–H and O–H groups in total. The van der Waals surface area contributed by atoms with Gasteiger partial charge in [-0.15, -0.1) is 11.8 Å². The largest absolute Gasteiger partial charge is 0.441 e. The van der Waals surface area contributed by atoms with E-state index < -0.39 is 0 Å². The van der Waals surface area contributed by atoms with E-state index in [-0.39, 0.29) is 0 Å². The number of hydrogen-bond donors (Lipinski definition) is 0. The molecule has 0 spiro atoms. The molecular formula is C19H23N3OS. The summed E-state index contributed by atoms with van der Waals surface area (Å²) in [5.74, 6) is 2.42. The number of rotatable bonds is 8. The lowest BCUT2D eigenvalue weighted by Gasteiger charge is -2.13. The zero-order valence-corrected chi connectivity index (χ0v) is 15.1. The summed E-state index contributed by atoms with van der Waals surface area (Å²) in [6.07, 6.45) is 11.0. The van der Waals surface area contributed by atoms with Crippen LogP contribution in [0, 0.1) is 5.92 Å².